The molecule has 0 bridgehead atoms. The lowest BCUT2D eigenvalue weighted by molar-refractivity contribution is -0.136. The second-order valence-corrected chi connectivity index (χ2v) is 8.65. The van der Waals surface area contributed by atoms with Gasteiger partial charge in [0.1, 0.15) is 10.6 Å². The van der Waals surface area contributed by atoms with Crippen molar-refractivity contribution in [2.75, 3.05) is 5.32 Å². The summed E-state index contributed by atoms with van der Waals surface area (Å²) in [6, 6.07) is 21.0. The Kier molecular flexibility index (Phi) is 7.01. The Hall–Kier alpha value is -4.01. The van der Waals surface area contributed by atoms with Gasteiger partial charge in [-0.3, -0.25) is 9.59 Å². The van der Waals surface area contributed by atoms with E-state index in [1.165, 1.54) is 17.6 Å². The molecule has 2 amide bonds. The molecule has 4 rings (SSSR count). The maximum absolute atomic E-state index is 12.6. The summed E-state index contributed by atoms with van der Waals surface area (Å²) in [5.41, 5.74) is 4.25. The smallest absolute Gasteiger partial charge is 0.355 e. The lowest BCUT2D eigenvalue weighted by atomic mass is 10.2. The number of ether oxygens (including phenoxy) is 1. The molecule has 1 heterocycles. The molecule has 0 saturated heterocycles. The third-order valence-electron chi connectivity index (χ3n) is 4.68. The summed E-state index contributed by atoms with van der Waals surface area (Å²) in [6.45, 7) is 1.92. The summed E-state index contributed by atoms with van der Waals surface area (Å²) in [6.07, 6.45) is 1.33. The fraction of sp³-hybridized carbons (Fsp3) is 0.0400. The zero-order chi connectivity index (χ0) is 24.1. The van der Waals surface area contributed by atoms with E-state index in [-0.39, 0.29) is 5.75 Å². The van der Waals surface area contributed by atoms with Gasteiger partial charge in [-0.1, -0.05) is 59.6 Å². The Morgan fingerprint density at radius 1 is 0.971 bits per heavy atom. The molecule has 0 saturated carbocycles. The maximum atomic E-state index is 12.6. The number of thiophene rings is 1. The number of anilines is 1. The molecule has 0 aliphatic heterocycles. The van der Waals surface area contributed by atoms with Crippen LogP contribution in [0.2, 0.25) is 5.02 Å². The van der Waals surface area contributed by atoms with Gasteiger partial charge >= 0.3 is 17.8 Å². The van der Waals surface area contributed by atoms with Gasteiger partial charge < -0.3 is 10.1 Å². The Bertz CT molecular complexity index is 1410. The van der Waals surface area contributed by atoms with Crippen LogP contribution in [0.15, 0.2) is 77.9 Å². The second-order valence-electron chi connectivity index (χ2n) is 7.22. The summed E-state index contributed by atoms with van der Waals surface area (Å²) in [7, 11) is 0. The van der Waals surface area contributed by atoms with E-state index in [1.54, 1.807) is 36.4 Å². The number of hydrazone groups is 1. The number of amides is 2. The predicted octanol–water partition coefficient (Wildman–Crippen LogP) is 5.17. The van der Waals surface area contributed by atoms with Crippen LogP contribution in [0.5, 0.6) is 5.75 Å². The first-order valence-electron chi connectivity index (χ1n) is 10.1. The number of hydrogen-bond acceptors (Lipinski definition) is 6. The van der Waals surface area contributed by atoms with Gasteiger partial charge in [0.05, 0.1) is 11.2 Å². The van der Waals surface area contributed by atoms with E-state index in [4.69, 9.17) is 16.3 Å². The number of carbonyl (C=O) groups excluding carboxylic acids is 3. The Morgan fingerprint density at radius 3 is 2.50 bits per heavy atom. The third-order valence-corrected chi connectivity index (χ3v) is 6.34. The Balaban J connectivity index is 1.36. The zero-order valence-corrected chi connectivity index (χ0v) is 19.4. The topological polar surface area (TPSA) is 96.9 Å². The van der Waals surface area contributed by atoms with E-state index >= 15 is 0 Å². The van der Waals surface area contributed by atoms with Crippen LogP contribution in [0.1, 0.15) is 20.8 Å². The maximum Gasteiger partial charge on any atom is 0.355 e. The molecule has 4 aromatic rings. The number of halogens is 1. The number of nitrogens with one attached hydrogen (secondary N) is 2. The van der Waals surface area contributed by atoms with Gasteiger partial charge in [-0.25, -0.2) is 10.2 Å². The van der Waals surface area contributed by atoms with E-state index < -0.39 is 17.8 Å². The van der Waals surface area contributed by atoms with Gasteiger partial charge in [-0.2, -0.15) is 5.10 Å². The van der Waals surface area contributed by atoms with Crippen LogP contribution in [0.3, 0.4) is 0 Å². The molecule has 0 aliphatic rings. The minimum atomic E-state index is -0.918. The zero-order valence-electron chi connectivity index (χ0n) is 17.9. The standard InChI is InChI=1S/C25H18ClN3O4S/c1-15-9-11-17(12-10-15)28-23(30)24(31)29-27-14-16-5-4-6-18(13-16)33-25(32)22-21(26)19-7-2-3-8-20(19)34-22/h2-14H,1H3,(H,28,30)(H,29,31). The first kappa shape index (κ1) is 23.2. The van der Waals surface area contributed by atoms with E-state index in [0.29, 0.717) is 21.2 Å². The minimum Gasteiger partial charge on any atom is -0.422 e. The van der Waals surface area contributed by atoms with Crippen molar-refractivity contribution < 1.29 is 19.1 Å². The number of esters is 1. The van der Waals surface area contributed by atoms with Crippen LogP contribution >= 0.6 is 22.9 Å². The summed E-state index contributed by atoms with van der Waals surface area (Å²) in [5.74, 6) is -2.05. The molecule has 34 heavy (non-hydrogen) atoms. The monoisotopic (exact) mass is 491 g/mol. The number of hydrogen-bond donors (Lipinski definition) is 2. The summed E-state index contributed by atoms with van der Waals surface area (Å²) in [5, 5.41) is 7.43. The van der Waals surface area contributed by atoms with Crippen molar-refractivity contribution in [2.45, 2.75) is 6.92 Å². The van der Waals surface area contributed by atoms with Crippen molar-refractivity contribution >= 4 is 62.7 Å². The molecule has 2 N–H and O–H groups in total. The van der Waals surface area contributed by atoms with E-state index in [9.17, 15) is 14.4 Å². The Morgan fingerprint density at radius 2 is 1.74 bits per heavy atom. The largest absolute Gasteiger partial charge is 0.422 e. The molecule has 9 heteroatoms. The minimum absolute atomic E-state index is 0.283. The highest BCUT2D eigenvalue weighted by molar-refractivity contribution is 7.21. The normalized spacial score (nSPS) is 10.9. The van der Waals surface area contributed by atoms with Gasteiger partial charge in [0, 0.05) is 15.8 Å². The van der Waals surface area contributed by atoms with Crippen LogP contribution in [0.4, 0.5) is 5.69 Å². The van der Waals surface area contributed by atoms with Gasteiger partial charge in [0.15, 0.2) is 0 Å². The van der Waals surface area contributed by atoms with E-state index in [1.807, 2.05) is 43.3 Å². The number of carbonyl (C=O) groups is 3. The van der Waals surface area contributed by atoms with Crippen molar-refractivity contribution in [3.63, 3.8) is 0 Å². The quantitative estimate of drug-likeness (QED) is 0.132. The molecule has 3 aromatic carbocycles. The SMILES string of the molecule is Cc1ccc(NC(=O)C(=O)NN=Cc2cccc(OC(=O)c3sc4ccccc4c3Cl)c2)cc1. The molecule has 0 radical (unpaired) electrons. The highest BCUT2D eigenvalue weighted by atomic mass is 35.5. The fourth-order valence-corrected chi connectivity index (χ4v) is 4.38. The molecule has 1 aromatic heterocycles. The Labute approximate surface area is 204 Å². The van der Waals surface area contributed by atoms with Gasteiger partial charge in [-0.15, -0.1) is 11.3 Å². The number of aryl methyl sites for hydroxylation is 1. The number of benzene rings is 3. The molecular formula is C25H18ClN3O4S. The lowest BCUT2D eigenvalue weighted by Crippen LogP contribution is -2.32. The molecule has 0 aliphatic carbocycles. The molecule has 0 atom stereocenters. The van der Waals surface area contributed by atoms with Gasteiger partial charge in [0.25, 0.3) is 0 Å². The summed E-state index contributed by atoms with van der Waals surface area (Å²) in [4.78, 5) is 36.9. The lowest BCUT2D eigenvalue weighted by Gasteiger charge is -2.05. The number of rotatable bonds is 5. The highest BCUT2D eigenvalue weighted by Crippen LogP contribution is 2.35. The molecule has 170 valence electrons. The van der Waals surface area contributed by atoms with Crippen molar-refractivity contribution in [3.05, 3.63) is 93.8 Å². The first-order valence-corrected chi connectivity index (χ1v) is 11.3. The van der Waals surface area contributed by atoms with Crippen LogP contribution in [-0.4, -0.2) is 24.0 Å². The molecule has 7 nitrogen and oxygen atoms in total. The van der Waals surface area contributed by atoms with E-state index in [2.05, 4.69) is 15.8 Å². The van der Waals surface area contributed by atoms with Crippen LogP contribution < -0.4 is 15.5 Å². The summed E-state index contributed by atoms with van der Waals surface area (Å²) < 4.78 is 6.36. The third kappa shape index (κ3) is 5.48. The van der Waals surface area contributed by atoms with Crippen molar-refractivity contribution in [1.82, 2.24) is 5.43 Å². The van der Waals surface area contributed by atoms with Crippen LogP contribution in [0.25, 0.3) is 10.1 Å². The van der Waals surface area contributed by atoms with Crippen molar-refractivity contribution in [3.8, 4) is 5.75 Å². The molecule has 0 fully saturated rings. The molecule has 0 unspecified atom stereocenters. The van der Waals surface area contributed by atoms with Crippen LogP contribution in [-0.2, 0) is 9.59 Å². The average molecular weight is 492 g/mol. The fourth-order valence-electron chi connectivity index (χ4n) is 3.00. The number of fused-ring (bicyclic) bond motifs is 1. The van der Waals surface area contributed by atoms with Crippen molar-refractivity contribution in [1.29, 1.82) is 0 Å². The molecule has 0 spiro atoms. The second kappa shape index (κ2) is 10.3. The van der Waals surface area contributed by atoms with Crippen LogP contribution in [0, 0.1) is 6.92 Å². The van der Waals surface area contributed by atoms with Gasteiger partial charge in [0.2, 0.25) is 0 Å². The highest BCUT2D eigenvalue weighted by Gasteiger charge is 2.19. The van der Waals surface area contributed by atoms with Crippen molar-refractivity contribution in [2.24, 2.45) is 5.10 Å². The predicted molar refractivity (Wildman–Crippen MR) is 134 cm³/mol. The van der Waals surface area contributed by atoms with E-state index in [0.717, 1.165) is 15.6 Å². The molecular weight excluding hydrogens is 474 g/mol. The van der Waals surface area contributed by atoms with Gasteiger partial charge in [-0.05, 0) is 42.8 Å². The number of nitrogens with zero attached hydrogens (tertiary/aromatic N) is 1. The summed E-state index contributed by atoms with van der Waals surface area (Å²) >= 11 is 7.60. The average Bonchev–Trinajstić information content (AvgIpc) is 3.17. The first-order chi connectivity index (χ1) is 16.4.